The maximum atomic E-state index is 12.3. The molecule has 19 heavy (non-hydrogen) atoms. The van der Waals surface area contributed by atoms with Crippen molar-refractivity contribution in [1.82, 2.24) is 0 Å². The molecule has 3 rings (SSSR count). The number of rotatable bonds is 1. The Hall–Kier alpha value is -0.710. The molecule has 0 radical (unpaired) electrons. The molecule has 0 N–H and O–H groups in total. The maximum absolute atomic E-state index is 12.3. The summed E-state index contributed by atoms with van der Waals surface area (Å²) >= 11 is 8.65. The number of allylic oxidation sites excluding steroid dienone is 1. The van der Waals surface area contributed by atoms with Crippen LogP contribution in [0.4, 0.5) is 0 Å². The molecular weight excluding hydrogens is 388 g/mol. The molecule has 96 valence electrons. The number of carbonyl (C=O) groups is 1. The average Bonchev–Trinajstić information content (AvgIpc) is 2.84. The molecule has 1 nitrogen and oxygen atoms in total. The van der Waals surface area contributed by atoms with Gasteiger partial charge in [-0.25, -0.2) is 0 Å². The number of thiophene rings is 1. The van der Waals surface area contributed by atoms with Crippen LogP contribution in [0.5, 0.6) is 0 Å². The summed E-state index contributed by atoms with van der Waals surface area (Å²) in [7, 11) is 0. The monoisotopic (exact) mass is 396 g/mol. The van der Waals surface area contributed by atoms with Crippen LogP contribution in [-0.4, -0.2) is 5.78 Å². The van der Waals surface area contributed by atoms with E-state index in [2.05, 4.69) is 31.9 Å². The third-order valence-electron chi connectivity index (χ3n) is 3.10. The third kappa shape index (κ3) is 2.49. The first-order valence-corrected chi connectivity index (χ1v) is 8.24. The van der Waals surface area contributed by atoms with Gasteiger partial charge in [0.05, 0.1) is 0 Å². The van der Waals surface area contributed by atoms with Crippen molar-refractivity contribution >= 4 is 55.1 Å². The van der Waals surface area contributed by atoms with Crippen LogP contribution in [0.25, 0.3) is 6.08 Å². The smallest absolute Gasteiger partial charge is 0.190 e. The molecule has 0 atom stereocenters. The largest absolute Gasteiger partial charge is 0.289 e. The Labute approximate surface area is 132 Å². The summed E-state index contributed by atoms with van der Waals surface area (Å²) in [4.78, 5) is 14.7. The van der Waals surface area contributed by atoms with E-state index in [4.69, 9.17) is 0 Å². The molecule has 4 heteroatoms. The van der Waals surface area contributed by atoms with E-state index >= 15 is 0 Å². The average molecular weight is 398 g/mol. The minimum atomic E-state index is 0.179. The number of benzene rings is 1. The number of carbonyl (C=O) groups excluding carboxylic acids is 1. The molecule has 1 aromatic carbocycles. The molecule has 0 aliphatic heterocycles. The Morgan fingerprint density at radius 1 is 1.21 bits per heavy atom. The second-order valence-electron chi connectivity index (χ2n) is 4.54. The lowest BCUT2D eigenvalue weighted by molar-refractivity contribution is 0.104. The molecule has 1 heterocycles. The van der Waals surface area contributed by atoms with Gasteiger partial charge in [-0.05, 0) is 68.6 Å². The summed E-state index contributed by atoms with van der Waals surface area (Å²) in [6.07, 6.45) is 2.75. The summed E-state index contributed by atoms with van der Waals surface area (Å²) in [5.41, 5.74) is 2.82. The Morgan fingerprint density at radius 2 is 2.00 bits per heavy atom. The van der Waals surface area contributed by atoms with Gasteiger partial charge in [-0.3, -0.25) is 4.79 Å². The van der Waals surface area contributed by atoms with Crippen LogP contribution < -0.4 is 0 Å². The molecular formula is C15H10Br2OS. The van der Waals surface area contributed by atoms with Crippen molar-refractivity contribution in [3.05, 3.63) is 59.7 Å². The van der Waals surface area contributed by atoms with Crippen LogP contribution in [0, 0.1) is 6.92 Å². The second kappa shape index (κ2) is 5.00. The summed E-state index contributed by atoms with van der Waals surface area (Å²) in [6.45, 7) is 2.05. The van der Waals surface area contributed by atoms with Crippen molar-refractivity contribution in [2.75, 3.05) is 0 Å². The summed E-state index contributed by atoms with van der Waals surface area (Å²) in [6, 6.07) is 8.01. The van der Waals surface area contributed by atoms with Crippen molar-refractivity contribution in [1.29, 1.82) is 0 Å². The fourth-order valence-electron chi connectivity index (χ4n) is 2.23. The first kappa shape index (κ1) is 13.3. The van der Waals surface area contributed by atoms with Crippen LogP contribution in [0.3, 0.4) is 0 Å². The van der Waals surface area contributed by atoms with Crippen molar-refractivity contribution in [3.8, 4) is 0 Å². The standard InChI is InChI=1S/C15H10Br2OS/c1-8-4-11-14(19-8)7-10(15(11)18)5-9-2-3-12(16)13(17)6-9/h2-6H,7H2,1H3/b10-5+. The van der Waals surface area contributed by atoms with Crippen LogP contribution in [-0.2, 0) is 6.42 Å². The van der Waals surface area contributed by atoms with Crippen LogP contribution in [0.1, 0.15) is 25.7 Å². The van der Waals surface area contributed by atoms with Crippen LogP contribution >= 0.6 is 43.2 Å². The Kier molecular flexibility index (Phi) is 3.50. The number of hydrogen-bond acceptors (Lipinski definition) is 2. The first-order valence-electron chi connectivity index (χ1n) is 5.84. The zero-order valence-electron chi connectivity index (χ0n) is 10.2. The molecule has 0 saturated carbocycles. The van der Waals surface area contributed by atoms with Gasteiger partial charge in [-0.1, -0.05) is 6.07 Å². The van der Waals surface area contributed by atoms with Gasteiger partial charge in [0, 0.05) is 36.3 Å². The lowest BCUT2D eigenvalue weighted by Crippen LogP contribution is -1.94. The van der Waals surface area contributed by atoms with E-state index in [1.165, 1.54) is 9.75 Å². The van der Waals surface area contributed by atoms with Crippen LogP contribution in [0.15, 0.2) is 38.8 Å². The van der Waals surface area contributed by atoms with E-state index < -0.39 is 0 Å². The van der Waals surface area contributed by atoms with Gasteiger partial charge in [0.15, 0.2) is 5.78 Å². The fourth-order valence-corrected chi connectivity index (χ4v) is 3.93. The lowest BCUT2D eigenvalue weighted by atomic mass is 10.1. The number of ketones is 1. The van der Waals surface area contributed by atoms with Gasteiger partial charge in [0.2, 0.25) is 0 Å². The molecule has 1 aromatic heterocycles. The van der Waals surface area contributed by atoms with Gasteiger partial charge in [-0.15, -0.1) is 11.3 Å². The number of hydrogen-bond donors (Lipinski definition) is 0. The van der Waals surface area contributed by atoms with Gasteiger partial charge in [-0.2, -0.15) is 0 Å². The molecule has 0 saturated heterocycles. The van der Waals surface area contributed by atoms with Crippen molar-refractivity contribution in [2.24, 2.45) is 0 Å². The van der Waals surface area contributed by atoms with Crippen molar-refractivity contribution < 1.29 is 4.79 Å². The fraction of sp³-hybridized carbons (Fsp3) is 0.133. The predicted molar refractivity (Wildman–Crippen MR) is 86.9 cm³/mol. The van der Waals surface area contributed by atoms with Gasteiger partial charge in [0.25, 0.3) is 0 Å². The van der Waals surface area contributed by atoms with E-state index in [0.717, 1.165) is 32.1 Å². The number of fused-ring (bicyclic) bond motifs is 1. The van der Waals surface area contributed by atoms with Crippen LogP contribution in [0.2, 0.25) is 0 Å². The zero-order valence-corrected chi connectivity index (χ0v) is 14.2. The van der Waals surface area contributed by atoms with Crippen molar-refractivity contribution in [3.63, 3.8) is 0 Å². The molecule has 0 amide bonds. The summed E-state index contributed by atoms with van der Waals surface area (Å²) in [5, 5.41) is 0. The van der Waals surface area contributed by atoms with E-state index in [1.807, 2.05) is 37.3 Å². The summed E-state index contributed by atoms with van der Waals surface area (Å²) < 4.78 is 2.01. The Balaban J connectivity index is 1.96. The van der Waals surface area contributed by atoms with E-state index in [0.29, 0.717) is 0 Å². The van der Waals surface area contributed by atoms with Gasteiger partial charge >= 0.3 is 0 Å². The highest BCUT2D eigenvalue weighted by Crippen LogP contribution is 2.34. The molecule has 0 bridgehead atoms. The summed E-state index contributed by atoms with van der Waals surface area (Å²) in [5.74, 6) is 0.179. The number of aryl methyl sites for hydroxylation is 1. The predicted octanol–water partition coefficient (Wildman–Crippen LogP) is 5.40. The highest BCUT2D eigenvalue weighted by atomic mass is 79.9. The normalized spacial score (nSPS) is 16.2. The third-order valence-corrected chi connectivity index (χ3v) is 6.03. The molecule has 0 unspecified atom stereocenters. The van der Waals surface area contributed by atoms with E-state index in [9.17, 15) is 4.79 Å². The molecule has 0 fully saturated rings. The topological polar surface area (TPSA) is 17.1 Å². The Bertz CT molecular complexity index is 713. The molecule has 2 aromatic rings. The minimum absolute atomic E-state index is 0.179. The second-order valence-corrected chi connectivity index (χ2v) is 7.59. The first-order chi connectivity index (χ1) is 9.04. The van der Waals surface area contributed by atoms with Gasteiger partial charge in [0.1, 0.15) is 0 Å². The maximum Gasteiger partial charge on any atom is 0.190 e. The molecule has 1 aliphatic carbocycles. The highest BCUT2D eigenvalue weighted by molar-refractivity contribution is 9.13. The number of halogens is 2. The molecule has 1 aliphatic rings. The Morgan fingerprint density at radius 3 is 2.68 bits per heavy atom. The molecule has 0 spiro atoms. The number of Topliss-reactive ketones (excluding diaryl/α,β-unsaturated/α-hetero) is 1. The van der Waals surface area contributed by atoms with E-state index in [-0.39, 0.29) is 5.78 Å². The van der Waals surface area contributed by atoms with Gasteiger partial charge < -0.3 is 0 Å². The minimum Gasteiger partial charge on any atom is -0.289 e. The SMILES string of the molecule is Cc1cc2c(s1)C/C(=C\c1ccc(Br)c(Br)c1)C2=O. The zero-order chi connectivity index (χ0) is 13.6. The van der Waals surface area contributed by atoms with E-state index in [1.54, 1.807) is 11.3 Å². The quantitative estimate of drug-likeness (QED) is 0.588. The highest BCUT2D eigenvalue weighted by Gasteiger charge is 2.26. The van der Waals surface area contributed by atoms with Crippen molar-refractivity contribution in [2.45, 2.75) is 13.3 Å². The lowest BCUT2D eigenvalue weighted by Gasteiger charge is -2.00.